The summed E-state index contributed by atoms with van der Waals surface area (Å²) in [5.41, 5.74) is 6.12. The topological polar surface area (TPSA) is 90.0 Å². The van der Waals surface area contributed by atoms with Gasteiger partial charge >= 0.3 is 0 Å². The van der Waals surface area contributed by atoms with E-state index in [0.29, 0.717) is 15.5 Å². The van der Waals surface area contributed by atoms with E-state index in [2.05, 4.69) is 25.6 Å². The predicted molar refractivity (Wildman–Crippen MR) is 83.9 cm³/mol. The van der Waals surface area contributed by atoms with Gasteiger partial charge in [0.15, 0.2) is 0 Å². The lowest BCUT2D eigenvalue weighted by Gasteiger charge is -2.26. The molecule has 0 fully saturated rings. The van der Waals surface area contributed by atoms with Gasteiger partial charge in [-0.3, -0.25) is 0 Å². The summed E-state index contributed by atoms with van der Waals surface area (Å²) < 4.78 is 40.9. The molecule has 2 aromatic rings. The third-order valence-corrected chi connectivity index (χ3v) is 4.37. The highest BCUT2D eigenvalue weighted by molar-refractivity contribution is 9.10. The van der Waals surface area contributed by atoms with Crippen LogP contribution in [0, 0.1) is 5.82 Å². The number of rotatable bonds is 4. The fourth-order valence-corrected chi connectivity index (χ4v) is 3.63. The lowest BCUT2D eigenvalue weighted by atomic mass is 10.1. The minimum Gasteiger partial charge on any atom is -0.369 e. The maximum atomic E-state index is 13.7. The quantitative estimate of drug-likeness (QED) is 0.849. The summed E-state index contributed by atoms with van der Waals surface area (Å²) in [6.07, 6.45) is 1.08. The van der Waals surface area contributed by atoms with Crippen LogP contribution < -0.4 is 10.5 Å². The van der Waals surface area contributed by atoms with Crippen molar-refractivity contribution in [3.8, 4) is 0 Å². The first-order valence-electron chi connectivity index (χ1n) is 6.08. The fraction of sp³-hybridized carbons (Fsp3) is 0.417. The highest BCUT2D eigenvalue weighted by atomic mass is 79.9. The van der Waals surface area contributed by atoms with Crippen molar-refractivity contribution in [2.24, 2.45) is 0 Å². The highest BCUT2D eigenvalue weighted by Gasteiger charge is 2.25. The van der Waals surface area contributed by atoms with Crippen LogP contribution in [0.5, 0.6) is 0 Å². The Bertz CT molecular complexity index is 801. The van der Waals surface area contributed by atoms with E-state index in [-0.39, 0.29) is 12.5 Å². The summed E-state index contributed by atoms with van der Waals surface area (Å²) in [6.45, 7) is 3.66. The number of sulfonamides is 1. The van der Waals surface area contributed by atoms with Crippen LogP contribution in [0.4, 0.5) is 10.3 Å². The summed E-state index contributed by atoms with van der Waals surface area (Å²) in [5, 5.41) is 0. The Balaban J connectivity index is 2.47. The first-order chi connectivity index (χ1) is 9.48. The number of imidazole rings is 1. The lowest BCUT2D eigenvalue weighted by Crippen LogP contribution is -2.46. The van der Waals surface area contributed by atoms with Crippen LogP contribution in [0.25, 0.3) is 11.0 Å². The maximum Gasteiger partial charge on any atom is 0.209 e. The molecule has 0 unspecified atom stereocenters. The third kappa shape index (κ3) is 3.72. The Morgan fingerprint density at radius 2 is 2.10 bits per heavy atom. The van der Waals surface area contributed by atoms with Crippen molar-refractivity contribution in [2.75, 3.05) is 12.0 Å². The first kappa shape index (κ1) is 16.2. The molecule has 116 valence electrons. The standard InChI is InChI=1S/C12H16BrFN4O2S/c1-12(2,17-21(3,19)20)6-18-10-5-8(14)7(13)4-9(10)16-11(18)15/h4-5,17H,6H2,1-3H3,(H2,15,16). The first-order valence-corrected chi connectivity index (χ1v) is 8.77. The fourth-order valence-electron chi connectivity index (χ4n) is 2.23. The van der Waals surface area contributed by atoms with E-state index >= 15 is 0 Å². The number of nitrogen functional groups attached to an aromatic ring is 1. The molecule has 0 aliphatic heterocycles. The number of nitrogens with zero attached hydrogens (tertiary/aromatic N) is 2. The normalized spacial score (nSPS) is 13.0. The summed E-state index contributed by atoms with van der Waals surface area (Å²) in [5.74, 6) is -0.233. The van der Waals surface area contributed by atoms with Gasteiger partial charge in [-0.05, 0) is 35.8 Å². The number of anilines is 1. The SMILES string of the molecule is CC(C)(Cn1c(N)nc2cc(Br)c(F)cc21)NS(C)(=O)=O. The van der Waals surface area contributed by atoms with Crippen molar-refractivity contribution in [1.82, 2.24) is 14.3 Å². The number of hydrogen-bond acceptors (Lipinski definition) is 4. The Kier molecular flexibility index (Phi) is 4.02. The molecule has 0 bridgehead atoms. The summed E-state index contributed by atoms with van der Waals surface area (Å²) >= 11 is 3.09. The Morgan fingerprint density at radius 1 is 1.48 bits per heavy atom. The molecule has 3 N–H and O–H groups in total. The zero-order valence-electron chi connectivity index (χ0n) is 11.8. The minimum absolute atomic E-state index is 0.200. The number of aromatic nitrogens is 2. The molecule has 1 heterocycles. The molecule has 21 heavy (non-hydrogen) atoms. The average Bonchev–Trinajstić information content (AvgIpc) is 2.53. The molecule has 1 aromatic heterocycles. The summed E-state index contributed by atoms with van der Waals surface area (Å²) in [4.78, 5) is 4.16. The molecular weight excluding hydrogens is 363 g/mol. The van der Waals surface area contributed by atoms with Gasteiger partial charge in [0.1, 0.15) is 5.82 Å². The van der Waals surface area contributed by atoms with E-state index in [0.717, 1.165) is 6.26 Å². The molecule has 0 spiro atoms. The van der Waals surface area contributed by atoms with Gasteiger partial charge in [0.05, 0.1) is 21.8 Å². The molecule has 6 nitrogen and oxygen atoms in total. The molecule has 0 aliphatic rings. The zero-order chi connectivity index (χ0) is 16.0. The molecule has 0 saturated heterocycles. The van der Waals surface area contributed by atoms with Gasteiger partial charge in [-0.1, -0.05) is 0 Å². The van der Waals surface area contributed by atoms with Crippen LogP contribution >= 0.6 is 15.9 Å². The van der Waals surface area contributed by atoms with Crippen LogP contribution in [0.2, 0.25) is 0 Å². The summed E-state index contributed by atoms with van der Waals surface area (Å²) in [6, 6.07) is 2.85. The van der Waals surface area contributed by atoms with Gasteiger partial charge < -0.3 is 10.3 Å². The van der Waals surface area contributed by atoms with E-state index < -0.39 is 21.4 Å². The van der Waals surface area contributed by atoms with Gasteiger partial charge in [-0.15, -0.1) is 0 Å². The number of benzene rings is 1. The molecule has 1 aromatic carbocycles. The van der Waals surface area contributed by atoms with Crippen molar-refractivity contribution >= 4 is 42.9 Å². The van der Waals surface area contributed by atoms with Crippen LogP contribution in [0.3, 0.4) is 0 Å². The number of fused-ring (bicyclic) bond motifs is 1. The van der Waals surface area contributed by atoms with E-state index in [4.69, 9.17) is 5.73 Å². The average molecular weight is 379 g/mol. The second-order valence-corrected chi connectivity index (χ2v) is 8.17. The third-order valence-electron chi connectivity index (χ3n) is 2.83. The van der Waals surface area contributed by atoms with Crippen LogP contribution in [0.1, 0.15) is 13.8 Å². The van der Waals surface area contributed by atoms with Gasteiger partial charge in [0.2, 0.25) is 16.0 Å². The van der Waals surface area contributed by atoms with Crippen molar-refractivity contribution < 1.29 is 12.8 Å². The second kappa shape index (κ2) is 5.22. The molecule has 9 heteroatoms. The number of hydrogen-bond donors (Lipinski definition) is 2. The van der Waals surface area contributed by atoms with Crippen molar-refractivity contribution in [3.05, 3.63) is 22.4 Å². The van der Waals surface area contributed by atoms with Crippen molar-refractivity contribution in [1.29, 1.82) is 0 Å². The van der Waals surface area contributed by atoms with Crippen molar-refractivity contribution in [3.63, 3.8) is 0 Å². The van der Waals surface area contributed by atoms with Crippen LogP contribution in [0.15, 0.2) is 16.6 Å². The van der Waals surface area contributed by atoms with E-state index in [1.165, 1.54) is 12.1 Å². The monoisotopic (exact) mass is 378 g/mol. The van der Waals surface area contributed by atoms with Crippen LogP contribution in [-0.4, -0.2) is 29.8 Å². The molecule has 0 amide bonds. The van der Waals surface area contributed by atoms with Crippen LogP contribution in [-0.2, 0) is 16.6 Å². The summed E-state index contributed by atoms with van der Waals surface area (Å²) in [7, 11) is -3.37. The molecule has 0 saturated carbocycles. The highest BCUT2D eigenvalue weighted by Crippen LogP contribution is 2.26. The second-order valence-electron chi connectivity index (χ2n) is 5.57. The number of nitrogens with one attached hydrogen (secondary N) is 1. The molecule has 0 aliphatic carbocycles. The molecule has 2 rings (SSSR count). The van der Waals surface area contributed by atoms with Gasteiger partial charge in [0, 0.05) is 18.2 Å². The van der Waals surface area contributed by atoms with Crippen molar-refractivity contribution in [2.45, 2.75) is 25.9 Å². The van der Waals surface area contributed by atoms with E-state index in [9.17, 15) is 12.8 Å². The smallest absolute Gasteiger partial charge is 0.209 e. The Hall–Kier alpha value is -1.19. The van der Waals surface area contributed by atoms with Gasteiger partial charge in [-0.2, -0.15) is 0 Å². The van der Waals surface area contributed by atoms with Gasteiger partial charge in [-0.25, -0.2) is 22.5 Å². The van der Waals surface area contributed by atoms with Gasteiger partial charge in [0.25, 0.3) is 0 Å². The van der Waals surface area contributed by atoms with E-state index in [1.807, 2.05) is 0 Å². The molecule has 0 radical (unpaired) electrons. The Morgan fingerprint density at radius 3 is 2.67 bits per heavy atom. The maximum absolute atomic E-state index is 13.7. The van der Waals surface area contributed by atoms with E-state index in [1.54, 1.807) is 18.4 Å². The Labute approximate surface area is 130 Å². The zero-order valence-corrected chi connectivity index (χ0v) is 14.2. The molecule has 0 atom stereocenters. The molecular formula is C12H16BrFN4O2S. The number of halogens is 2. The number of nitrogens with two attached hydrogens (primary N) is 1. The lowest BCUT2D eigenvalue weighted by molar-refractivity contribution is 0.398. The largest absolute Gasteiger partial charge is 0.369 e. The minimum atomic E-state index is -3.37. The predicted octanol–water partition coefficient (Wildman–Crippen LogP) is 1.85.